The smallest absolute Gasteiger partial charge is 0.0244 e. The first-order chi connectivity index (χ1) is 11.8. The molecule has 0 nitrogen and oxygen atoms in total. The molecule has 0 heteroatoms. The van der Waals surface area contributed by atoms with Crippen LogP contribution in [-0.4, -0.2) is 0 Å². The van der Waals surface area contributed by atoms with Crippen molar-refractivity contribution in [3.05, 3.63) is 0 Å². The van der Waals surface area contributed by atoms with Gasteiger partial charge in [-0.05, 0) is 48.3 Å². The summed E-state index contributed by atoms with van der Waals surface area (Å²) in [5.74, 6) is 1.83. The van der Waals surface area contributed by atoms with Gasteiger partial charge in [-0.2, -0.15) is 0 Å². The summed E-state index contributed by atoms with van der Waals surface area (Å²) in [5, 5.41) is 0. The van der Waals surface area contributed by atoms with Crippen LogP contribution in [0.4, 0.5) is 0 Å². The van der Waals surface area contributed by atoms with Crippen molar-refractivity contribution >= 4 is 0 Å². The van der Waals surface area contributed by atoms with E-state index in [1.807, 2.05) is 0 Å². The molecule has 0 saturated heterocycles. The molecule has 0 rings (SSSR count). The van der Waals surface area contributed by atoms with Crippen LogP contribution < -0.4 is 0 Å². The van der Waals surface area contributed by atoms with Crippen LogP contribution in [0.15, 0.2) is 0 Å². The van der Waals surface area contributed by atoms with E-state index in [2.05, 4.69) is 55.4 Å². The molecule has 0 amide bonds. The third-order valence-electron chi connectivity index (χ3n) is 6.73. The van der Waals surface area contributed by atoms with Crippen LogP contribution in [0.3, 0.4) is 0 Å². The van der Waals surface area contributed by atoms with Gasteiger partial charge in [0.05, 0.1) is 0 Å². The van der Waals surface area contributed by atoms with Crippen LogP contribution in [0.25, 0.3) is 0 Å². The minimum Gasteiger partial charge on any atom is -0.0654 e. The van der Waals surface area contributed by atoms with Crippen LogP contribution in [0.2, 0.25) is 0 Å². The standard InChI is InChI=1S/C25H52/c1-9-13-18-23(12-4)25(20-14-10-2,22(5)17-11-3)21-16-15-19-24(6,7)8/h22-23H,9-21H2,1-8H3. The predicted octanol–water partition coefficient (Wildman–Crippen LogP) is 9.42. The minimum atomic E-state index is 0.494. The van der Waals surface area contributed by atoms with Crippen molar-refractivity contribution in [2.45, 2.75) is 139 Å². The van der Waals surface area contributed by atoms with E-state index < -0.39 is 0 Å². The lowest BCUT2D eigenvalue weighted by atomic mass is 9.58. The van der Waals surface area contributed by atoms with Gasteiger partial charge in [0, 0.05) is 0 Å². The van der Waals surface area contributed by atoms with Gasteiger partial charge in [0.15, 0.2) is 0 Å². The second-order valence-corrected chi connectivity index (χ2v) is 10.0. The Morgan fingerprint density at radius 2 is 1.20 bits per heavy atom. The van der Waals surface area contributed by atoms with Gasteiger partial charge >= 0.3 is 0 Å². The van der Waals surface area contributed by atoms with E-state index >= 15 is 0 Å². The fraction of sp³-hybridized carbons (Fsp3) is 1.00. The molecular formula is C25H52. The molecule has 0 spiro atoms. The second kappa shape index (κ2) is 13.2. The summed E-state index contributed by atoms with van der Waals surface area (Å²) < 4.78 is 0. The van der Waals surface area contributed by atoms with Crippen molar-refractivity contribution in [3.8, 4) is 0 Å². The zero-order chi connectivity index (χ0) is 19.3. The van der Waals surface area contributed by atoms with Crippen molar-refractivity contribution in [1.29, 1.82) is 0 Å². The summed E-state index contributed by atoms with van der Waals surface area (Å²) >= 11 is 0. The topological polar surface area (TPSA) is 0 Å². The van der Waals surface area contributed by atoms with Gasteiger partial charge in [-0.1, -0.05) is 113 Å². The molecule has 0 saturated carbocycles. The Morgan fingerprint density at radius 3 is 1.68 bits per heavy atom. The highest BCUT2D eigenvalue weighted by Gasteiger charge is 2.40. The van der Waals surface area contributed by atoms with Gasteiger partial charge in [-0.25, -0.2) is 0 Å². The molecule has 0 aliphatic heterocycles. The molecule has 0 aromatic heterocycles. The van der Waals surface area contributed by atoms with Crippen molar-refractivity contribution in [3.63, 3.8) is 0 Å². The molecule has 0 bridgehead atoms. The molecule has 25 heavy (non-hydrogen) atoms. The molecule has 0 aliphatic carbocycles. The fourth-order valence-corrected chi connectivity index (χ4v) is 5.11. The highest BCUT2D eigenvalue weighted by molar-refractivity contribution is 4.90. The molecule has 0 aromatic rings. The average molecular weight is 353 g/mol. The summed E-state index contributed by atoms with van der Waals surface area (Å²) in [4.78, 5) is 0. The van der Waals surface area contributed by atoms with Gasteiger partial charge in [0.1, 0.15) is 0 Å². The third kappa shape index (κ3) is 9.48. The Bertz CT molecular complexity index is 298. The summed E-state index contributed by atoms with van der Waals surface area (Å²) in [6.45, 7) is 19.4. The normalized spacial score (nSPS) is 17.3. The maximum Gasteiger partial charge on any atom is -0.0244 e. The van der Waals surface area contributed by atoms with Gasteiger partial charge in [-0.3, -0.25) is 0 Å². The highest BCUT2D eigenvalue weighted by Crippen LogP contribution is 2.50. The Kier molecular flexibility index (Phi) is 13.2. The first kappa shape index (κ1) is 25.0. The minimum absolute atomic E-state index is 0.494. The summed E-state index contributed by atoms with van der Waals surface area (Å²) in [6.07, 6.45) is 18.4. The Hall–Kier alpha value is 0. The zero-order valence-electron chi connectivity index (χ0n) is 19.3. The summed E-state index contributed by atoms with van der Waals surface area (Å²) in [7, 11) is 0. The van der Waals surface area contributed by atoms with E-state index in [9.17, 15) is 0 Å². The quantitative estimate of drug-likeness (QED) is 0.257. The van der Waals surface area contributed by atoms with Crippen LogP contribution in [0.1, 0.15) is 139 Å². The van der Waals surface area contributed by atoms with Crippen LogP contribution in [0, 0.1) is 22.7 Å². The summed E-state index contributed by atoms with van der Waals surface area (Å²) in [5.41, 5.74) is 1.10. The van der Waals surface area contributed by atoms with E-state index in [4.69, 9.17) is 0 Å². The second-order valence-electron chi connectivity index (χ2n) is 10.0. The molecule has 0 N–H and O–H groups in total. The van der Waals surface area contributed by atoms with Gasteiger partial charge in [0.25, 0.3) is 0 Å². The van der Waals surface area contributed by atoms with E-state index in [0.717, 1.165) is 11.8 Å². The molecule has 3 atom stereocenters. The van der Waals surface area contributed by atoms with E-state index in [0.29, 0.717) is 10.8 Å². The lowest BCUT2D eigenvalue weighted by Crippen LogP contribution is -2.37. The third-order valence-corrected chi connectivity index (χ3v) is 6.73. The highest BCUT2D eigenvalue weighted by atomic mass is 14.4. The van der Waals surface area contributed by atoms with Crippen LogP contribution in [0.5, 0.6) is 0 Å². The average Bonchev–Trinajstić information content (AvgIpc) is 2.55. The maximum absolute atomic E-state index is 2.59. The fourth-order valence-electron chi connectivity index (χ4n) is 5.11. The Balaban J connectivity index is 5.27. The molecule has 0 fully saturated rings. The van der Waals surface area contributed by atoms with Gasteiger partial charge in [-0.15, -0.1) is 0 Å². The number of unbranched alkanes of at least 4 members (excludes halogenated alkanes) is 3. The SMILES string of the molecule is CCCCC(CC)C(CCCC)(CCCCC(C)(C)C)C(C)CCC. The lowest BCUT2D eigenvalue weighted by molar-refractivity contribution is 0.0338. The molecule has 3 unspecified atom stereocenters. The molecular weight excluding hydrogens is 300 g/mol. The largest absolute Gasteiger partial charge is 0.0654 e. The molecule has 0 aromatic carbocycles. The van der Waals surface area contributed by atoms with Crippen LogP contribution in [-0.2, 0) is 0 Å². The monoisotopic (exact) mass is 352 g/mol. The number of hydrogen-bond donors (Lipinski definition) is 0. The van der Waals surface area contributed by atoms with E-state index in [1.165, 1.54) is 83.5 Å². The molecule has 152 valence electrons. The number of rotatable bonds is 15. The maximum atomic E-state index is 2.59. The van der Waals surface area contributed by atoms with Crippen LogP contribution >= 0.6 is 0 Å². The zero-order valence-corrected chi connectivity index (χ0v) is 19.3. The molecule has 0 heterocycles. The van der Waals surface area contributed by atoms with Crippen molar-refractivity contribution in [2.24, 2.45) is 22.7 Å². The summed E-state index contributed by atoms with van der Waals surface area (Å²) in [6, 6.07) is 0. The van der Waals surface area contributed by atoms with E-state index in [1.54, 1.807) is 0 Å². The van der Waals surface area contributed by atoms with Crippen molar-refractivity contribution in [1.82, 2.24) is 0 Å². The first-order valence-corrected chi connectivity index (χ1v) is 11.8. The lowest BCUT2D eigenvalue weighted by Gasteiger charge is -2.47. The first-order valence-electron chi connectivity index (χ1n) is 11.8. The number of hydrogen-bond acceptors (Lipinski definition) is 0. The Morgan fingerprint density at radius 1 is 0.640 bits per heavy atom. The Labute approximate surface area is 161 Å². The molecule has 0 radical (unpaired) electrons. The van der Waals surface area contributed by atoms with Crippen molar-refractivity contribution in [2.75, 3.05) is 0 Å². The van der Waals surface area contributed by atoms with Gasteiger partial charge in [0.2, 0.25) is 0 Å². The van der Waals surface area contributed by atoms with Crippen molar-refractivity contribution < 1.29 is 0 Å². The van der Waals surface area contributed by atoms with Gasteiger partial charge < -0.3 is 0 Å². The predicted molar refractivity (Wildman–Crippen MR) is 117 cm³/mol. The van der Waals surface area contributed by atoms with E-state index in [-0.39, 0.29) is 0 Å². The molecule has 0 aliphatic rings.